The molecule has 1 N–H and O–H groups in total. The maximum absolute atomic E-state index is 13.4. The number of aryl methyl sites for hydroxylation is 2. The monoisotopic (exact) mass is 496 g/mol. The molecule has 0 radical (unpaired) electrons. The Bertz CT molecular complexity index is 1300. The highest BCUT2D eigenvalue weighted by atomic mass is 32.1. The number of aromatic hydroxyl groups is 1. The predicted molar refractivity (Wildman–Crippen MR) is 135 cm³/mol. The van der Waals surface area contributed by atoms with Crippen LogP contribution in [0.25, 0.3) is 33.2 Å². The van der Waals surface area contributed by atoms with Crippen LogP contribution in [0.15, 0.2) is 60.0 Å². The summed E-state index contributed by atoms with van der Waals surface area (Å²) in [5.74, 6) is -0.233. The average Bonchev–Trinajstić information content (AvgIpc) is 3.30. The molecule has 0 unspecified atom stereocenters. The third kappa shape index (κ3) is 5.90. The molecule has 0 fully saturated rings. The zero-order valence-electron chi connectivity index (χ0n) is 19.7. The number of aromatic nitrogens is 2. The standard InChI is InChI=1S/C28H27F3N2OS/c1-3-4-5-6-7-20-14-15-35-26(20)24-17-23(19-10-8-18(2)9-11-19)32-27(33-24)22-16-21(28(29,30)31)12-13-25(22)34/h8-17,34H,3-7H2,1-2H3. The van der Waals surface area contributed by atoms with Crippen LogP contribution in [-0.4, -0.2) is 15.1 Å². The lowest BCUT2D eigenvalue weighted by Gasteiger charge is -2.13. The molecule has 0 spiro atoms. The molecule has 0 bridgehead atoms. The van der Waals surface area contributed by atoms with Crippen molar-refractivity contribution in [3.8, 4) is 39.0 Å². The molecule has 2 aromatic carbocycles. The molecule has 3 nitrogen and oxygen atoms in total. The highest BCUT2D eigenvalue weighted by Crippen LogP contribution is 2.38. The summed E-state index contributed by atoms with van der Waals surface area (Å²) in [6.45, 7) is 4.16. The van der Waals surface area contributed by atoms with Crippen molar-refractivity contribution in [2.45, 2.75) is 52.1 Å². The minimum atomic E-state index is -4.54. The topological polar surface area (TPSA) is 46.0 Å². The summed E-state index contributed by atoms with van der Waals surface area (Å²) in [5.41, 5.74) is 3.41. The lowest BCUT2D eigenvalue weighted by atomic mass is 10.0. The van der Waals surface area contributed by atoms with Gasteiger partial charge in [-0.05, 0) is 61.0 Å². The van der Waals surface area contributed by atoms with Crippen LogP contribution < -0.4 is 0 Å². The van der Waals surface area contributed by atoms with Crippen molar-refractivity contribution in [3.05, 3.63) is 76.7 Å². The van der Waals surface area contributed by atoms with Crippen molar-refractivity contribution in [1.82, 2.24) is 9.97 Å². The van der Waals surface area contributed by atoms with E-state index in [1.165, 1.54) is 12.0 Å². The van der Waals surface area contributed by atoms with E-state index in [0.29, 0.717) is 11.4 Å². The van der Waals surface area contributed by atoms with Gasteiger partial charge in [0.1, 0.15) is 5.75 Å². The highest BCUT2D eigenvalue weighted by molar-refractivity contribution is 7.13. The quantitative estimate of drug-likeness (QED) is 0.248. The van der Waals surface area contributed by atoms with Gasteiger partial charge in [-0.15, -0.1) is 11.3 Å². The molecule has 0 aliphatic carbocycles. The molecule has 0 amide bonds. The molecule has 2 aromatic heterocycles. The summed E-state index contributed by atoms with van der Waals surface area (Å²) in [4.78, 5) is 10.2. The van der Waals surface area contributed by atoms with Crippen molar-refractivity contribution >= 4 is 11.3 Å². The second-order valence-electron chi connectivity index (χ2n) is 8.64. The number of phenolic OH excluding ortho intramolecular Hbond substituents is 1. The lowest BCUT2D eigenvalue weighted by Crippen LogP contribution is -2.05. The lowest BCUT2D eigenvalue weighted by molar-refractivity contribution is -0.137. The molecule has 35 heavy (non-hydrogen) atoms. The van der Waals surface area contributed by atoms with Crippen molar-refractivity contribution in [3.63, 3.8) is 0 Å². The van der Waals surface area contributed by atoms with Crippen LogP contribution in [0.5, 0.6) is 5.75 Å². The fourth-order valence-corrected chi connectivity index (χ4v) is 4.86. The maximum atomic E-state index is 13.4. The van der Waals surface area contributed by atoms with Gasteiger partial charge in [-0.2, -0.15) is 13.2 Å². The van der Waals surface area contributed by atoms with Gasteiger partial charge in [-0.25, -0.2) is 9.97 Å². The maximum Gasteiger partial charge on any atom is 0.416 e. The molecule has 0 aliphatic rings. The zero-order valence-corrected chi connectivity index (χ0v) is 20.5. The number of hydrogen-bond donors (Lipinski definition) is 1. The van der Waals surface area contributed by atoms with Crippen LogP contribution in [0.3, 0.4) is 0 Å². The average molecular weight is 497 g/mol. The Morgan fingerprint density at radius 1 is 0.886 bits per heavy atom. The van der Waals surface area contributed by atoms with Crippen LogP contribution in [-0.2, 0) is 12.6 Å². The number of nitrogens with zero attached hydrogens (tertiary/aromatic N) is 2. The predicted octanol–water partition coefficient (Wildman–Crippen LogP) is 8.69. The third-order valence-corrected chi connectivity index (χ3v) is 6.90. The Kier molecular flexibility index (Phi) is 7.55. The number of benzene rings is 2. The van der Waals surface area contributed by atoms with Gasteiger partial charge in [0.2, 0.25) is 0 Å². The summed E-state index contributed by atoms with van der Waals surface area (Å²) in [6, 6.07) is 14.6. The van der Waals surface area contributed by atoms with Crippen LogP contribution in [0.2, 0.25) is 0 Å². The molecule has 182 valence electrons. The Hall–Kier alpha value is -3.19. The first-order chi connectivity index (χ1) is 16.8. The normalized spacial score (nSPS) is 11.7. The van der Waals surface area contributed by atoms with Gasteiger partial charge in [0, 0.05) is 5.56 Å². The first-order valence-electron chi connectivity index (χ1n) is 11.7. The Balaban J connectivity index is 1.84. The highest BCUT2D eigenvalue weighted by Gasteiger charge is 2.31. The molecule has 2 heterocycles. The van der Waals surface area contributed by atoms with Gasteiger partial charge in [-0.3, -0.25) is 0 Å². The van der Waals surface area contributed by atoms with E-state index in [2.05, 4.69) is 23.0 Å². The van der Waals surface area contributed by atoms with Crippen molar-refractivity contribution < 1.29 is 18.3 Å². The van der Waals surface area contributed by atoms with Crippen LogP contribution in [0, 0.1) is 6.92 Å². The fraction of sp³-hybridized carbons (Fsp3) is 0.286. The molecule has 0 atom stereocenters. The summed E-state index contributed by atoms with van der Waals surface area (Å²) in [7, 11) is 0. The summed E-state index contributed by atoms with van der Waals surface area (Å²) in [6.07, 6.45) is 0.921. The third-order valence-electron chi connectivity index (χ3n) is 5.92. The first kappa shape index (κ1) is 24.9. The van der Waals surface area contributed by atoms with Crippen molar-refractivity contribution in [2.75, 3.05) is 0 Å². The number of alkyl halides is 3. The summed E-state index contributed by atoms with van der Waals surface area (Å²) < 4.78 is 40.2. The van der Waals surface area contributed by atoms with Crippen LogP contribution in [0.4, 0.5) is 13.2 Å². The second-order valence-corrected chi connectivity index (χ2v) is 9.56. The number of thiophene rings is 1. The molecular formula is C28H27F3N2OS. The van der Waals surface area contributed by atoms with Gasteiger partial charge >= 0.3 is 6.18 Å². The van der Waals surface area contributed by atoms with E-state index in [1.54, 1.807) is 11.3 Å². The van der Waals surface area contributed by atoms with E-state index in [1.807, 2.05) is 42.6 Å². The minimum Gasteiger partial charge on any atom is -0.507 e. The molecule has 4 aromatic rings. The summed E-state index contributed by atoms with van der Waals surface area (Å²) in [5, 5.41) is 12.5. The largest absolute Gasteiger partial charge is 0.507 e. The molecule has 7 heteroatoms. The van der Waals surface area contributed by atoms with Crippen molar-refractivity contribution in [2.24, 2.45) is 0 Å². The van der Waals surface area contributed by atoms with E-state index in [-0.39, 0.29) is 17.1 Å². The Labute approximate surface area is 207 Å². The number of halogens is 3. The smallest absolute Gasteiger partial charge is 0.416 e. The second kappa shape index (κ2) is 10.6. The molecule has 4 rings (SSSR count). The fourth-order valence-electron chi connectivity index (χ4n) is 3.95. The molecule has 0 aliphatic heterocycles. The van der Waals surface area contributed by atoms with E-state index < -0.39 is 11.7 Å². The number of unbranched alkanes of at least 4 members (excludes halogenated alkanes) is 3. The van der Waals surface area contributed by atoms with Crippen molar-refractivity contribution in [1.29, 1.82) is 0 Å². The number of hydrogen-bond acceptors (Lipinski definition) is 4. The first-order valence-corrected chi connectivity index (χ1v) is 12.6. The van der Waals surface area contributed by atoms with Gasteiger partial charge in [0.15, 0.2) is 5.82 Å². The Morgan fingerprint density at radius 2 is 1.63 bits per heavy atom. The van der Waals surface area contributed by atoms with Crippen LogP contribution >= 0.6 is 11.3 Å². The summed E-state index contributed by atoms with van der Waals surface area (Å²) >= 11 is 1.56. The molecule has 0 saturated heterocycles. The van der Waals surface area contributed by atoms with Crippen LogP contribution in [0.1, 0.15) is 49.3 Å². The van der Waals surface area contributed by atoms with E-state index in [9.17, 15) is 18.3 Å². The minimum absolute atomic E-state index is 0.0453. The molecular weight excluding hydrogens is 469 g/mol. The number of rotatable bonds is 8. The van der Waals surface area contributed by atoms with E-state index >= 15 is 0 Å². The van der Waals surface area contributed by atoms with Gasteiger partial charge in [0.25, 0.3) is 0 Å². The molecule has 0 saturated carbocycles. The Morgan fingerprint density at radius 3 is 2.34 bits per heavy atom. The zero-order chi connectivity index (χ0) is 25.0. The van der Waals surface area contributed by atoms with Gasteiger partial charge in [-0.1, -0.05) is 56.0 Å². The number of phenols is 1. The van der Waals surface area contributed by atoms with E-state index in [0.717, 1.165) is 59.9 Å². The SMILES string of the molecule is CCCCCCc1ccsc1-c1cc(-c2ccc(C)cc2)nc(-c2cc(C(F)(F)F)ccc2O)n1. The van der Waals surface area contributed by atoms with Gasteiger partial charge in [0.05, 0.1) is 27.4 Å². The van der Waals surface area contributed by atoms with Gasteiger partial charge < -0.3 is 5.11 Å². The van der Waals surface area contributed by atoms with E-state index in [4.69, 9.17) is 0 Å².